The minimum absolute atomic E-state index is 0.00297. The summed E-state index contributed by atoms with van der Waals surface area (Å²) in [6.07, 6.45) is 2.04. The number of nitriles is 1. The van der Waals surface area contributed by atoms with Crippen LogP contribution in [-0.2, 0) is 0 Å². The first-order valence-corrected chi connectivity index (χ1v) is 7.53. The molecule has 0 bridgehead atoms. The summed E-state index contributed by atoms with van der Waals surface area (Å²) in [5.74, 6) is -0.00297. The van der Waals surface area contributed by atoms with Crippen LogP contribution in [0.5, 0.6) is 0 Å². The van der Waals surface area contributed by atoms with Crippen LogP contribution in [0, 0.1) is 11.3 Å². The van der Waals surface area contributed by atoms with E-state index in [9.17, 15) is 10.1 Å². The monoisotopic (exact) mass is 292 g/mol. The average Bonchev–Trinajstić information content (AvgIpc) is 2.58. The molecule has 0 heterocycles. The lowest BCUT2D eigenvalue weighted by atomic mass is 9.95. The standard InChI is InChI=1S/C19H20N2O/c1-3-4-13-21(2)19(22)18-12-8-7-11-17(18)16-10-6-5-9-15(16)14-20/h5-12H,3-4,13H2,1-2H3. The lowest BCUT2D eigenvalue weighted by Crippen LogP contribution is -2.28. The van der Waals surface area contributed by atoms with Crippen molar-refractivity contribution in [1.82, 2.24) is 4.90 Å². The number of benzene rings is 2. The third kappa shape index (κ3) is 3.35. The first-order chi connectivity index (χ1) is 10.7. The van der Waals surface area contributed by atoms with E-state index in [1.54, 1.807) is 11.0 Å². The van der Waals surface area contributed by atoms with Crippen molar-refractivity contribution < 1.29 is 4.79 Å². The molecular formula is C19H20N2O. The van der Waals surface area contributed by atoms with E-state index in [2.05, 4.69) is 13.0 Å². The zero-order valence-electron chi connectivity index (χ0n) is 13.0. The Labute approximate surface area is 131 Å². The molecule has 22 heavy (non-hydrogen) atoms. The van der Waals surface area contributed by atoms with Crippen molar-refractivity contribution in [2.75, 3.05) is 13.6 Å². The molecule has 2 aromatic rings. The van der Waals surface area contributed by atoms with Crippen LogP contribution in [-0.4, -0.2) is 24.4 Å². The van der Waals surface area contributed by atoms with Gasteiger partial charge in [0.15, 0.2) is 0 Å². The second kappa shape index (κ2) is 7.42. The Balaban J connectivity index is 2.43. The first-order valence-electron chi connectivity index (χ1n) is 7.53. The predicted molar refractivity (Wildman–Crippen MR) is 88.5 cm³/mol. The van der Waals surface area contributed by atoms with Gasteiger partial charge in [-0.2, -0.15) is 5.26 Å². The lowest BCUT2D eigenvalue weighted by Gasteiger charge is -2.19. The second-order valence-electron chi connectivity index (χ2n) is 5.28. The zero-order chi connectivity index (χ0) is 15.9. The third-order valence-electron chi connectivity index (χ3n) is 3.69. The minimum atomic E-state index is -0.00297. The van der Waals surface area contributed by atoms with E-state index in [-0.39, 0.29) is 5.91 Å². The summed E-state index contributed by atoms with van der Waals surface area (Å²) in [7, 11) is 1.82. The SMILES string of the molecule is CCCCN(C)C(=O)c1ccccc1-c1ccccc1C#N. The number of nitrogens with zero attached hydrogens (tertiary/aromatic N) is 2. The molecule has 0 N–H and O–H groups in total. The fraction of sp³-hybridized carbons (Fsp3) is 0.263. The Morgan fingerprint density at radius 2 is 1.73 bits per heavy atom. The van der Waals surface area contributed by atoms with Gasteiger partial charge < -0.3 is 4.90 Å². The highest BCUT2D eigenvalue weighted by Gasteiger charge is 2.17. The molecule has 2 rings (SSSR count). The van der Waals surface area contributed by atoms with E-state index in [4.69, 9.17) is 0 Å². The van der Waals surface area contributed by atoms with Gasteiger partial charge in [-0.1, -0.05) is 49.7 Å². The van der Waals surface area contributed by atoms with E-state index in [0.29, 0.717) is 11.1 Å². The summed E-state index contributed by atoms with van der Waals surface area (Å²) in [4.78, 5) is 14.4. The highest BCUT2D eigenvalue weighted by molar-refractivity contribution is 6.01. The maximum atomic E-state index is 12.7. The number of hydrogen-bond donors (Lipinski definition) is 0. The van der Waals surface area contributed by atoms with Gasteiger partial charge in [0.05, 0.1) is 11.6 Å². The molecule has 1 amide bonds. The van der Waals surface area contributed by atoms with Crippen molar-refractivity contribution in [2.45, 2.75) is 19.8 Å². The first kappa shape index (κ1) is 15.8. The van der Waals surface area contributed by atoms with Gasteiger partial charge in [-0.05, 0) is 24.1 Å². The summed E-state index contributed by atoms with van der Waals surface area (Å²) in [6.45, 7) is 2.85. The third-order valence-corrected chi connectivity index (χ3v) is 3.69. The van der Waals surface area contributed by atoms with E-state index in [0.717, 1.165) is 30.5 Å². The number of unbranched alkanes of at least 4 members (excludes halogenated alkanes) is 1. The van der Waals surface area contributed by atoms with E-state index in [1.165, 1.54) is 0 Å². The van der Waals surface area contributed by atoms with Crippen molar-refractivity contribution in [1.29, 1.82) is 5.26 Å². The van der Waals surface area contributed by atoms with Crippen LogP contribution < -0.4 is 0 Å². The average molecular weight is 292 g/mol. The van der Waals surface area contributed by atoms with Gasteiger partial charge in [0, 0.05) is 24.7 Å². The zero-order valence-corrected chi connectivity index (χ0v) is 13.0. The van der Waals surface area contributed by atoms with Crippen LogP contribution in [0.15, 0.2) is 48.5 Å². The largest absolute Gasteiger partial charge is 0.342 e. The van der Waals surface area contributed by atoms with Crippen LogP contribution >= 0.6 is 0 Å². The molecule has 3 nitrogen and oxygen atoms in total. The molecule has 0 saturated carbocycles. The molecular weight excluding hydrogens is 272 g/mol. The Bertz CT molecular complexity index is 701. The molecule has 0 radical (unpaired) electrons. The summed E-state index contributed by atoms with van der Waals surface area (Å²) in [6, 6.07) is 17.1. The fourth-order valence-electron chi connectivity index (χ4n) is 2.42. The highest BCUT2D eigenvalue weighted by atomic mass is 16.2. The Kier molecular flexibility index (Phi) is 5.32. The number of amides is 1. The van der Waals surface area contributed by atoms with Crippen LogP contribution in [0.3, 0.4) is 0 Å². The number of rotatable bonds is 5. The Morgan fingerprint density at radius 1 is 1.09 bits per heavy atom. The molecule has 0 saturated heterocycles. The molecule has 0 spiro atoms. The molecule has 112 valence electrons. The van der Waals surface area contributed by atoms with E-state index < -0.39 is 0 Å². The van der Waals surface area contributed by atoms with E-state index >= 15 is 0 Å². The van der Waals surface area contributed by atoms with Gasteiger partial charge in [-0.15, -0.1) is 0 Å². The van der Waals surface area contributed by atoms with Gasteiger partial charge >= 0.3 is 0 Å². The predicted octanol–water partition coefficient (Wildman–Crippen LogP) is 4.10. The molecule has 3 heteroatoms. The number of carbonyl (C=O) groups is 1. The van der Waals surface area contributed by atoms with Crippen LogP contribution in [0.25, 0.3) is 11.1 Å². The van der Waals surface area contributed by atoms with Crippen LogP contribution in [0.4, 0.5) is 0 Å². The fourth-order valence-corrected chi connectivity index (χ4v) is 2.42. The normalized spacial score (nSPS) is 10.0. The number of hydrogen-bond acceptors (Lipinski definition) is 2. The van der Waals surface area contributed by atoms with Gasteiger partial charge in [0.1, 0.15) is 0 Å². The second-order valence-corrected chi connectivity index (χ2v) is 5.28. The molecule has 0 atom stereocenters. The summed E-state index contributed by atoms with van der Waals surface area (Å²) in [5, 5.41) is 9.29. The van der Waals surface area contributed by atoms with Crippen LogP contribution in [0.1, 0.15) is 35.7 Å². The summed E-state index contributed by atoms with van der Waals surface area (Å²) >= 11 is 0. The quantitative estimate of drug-likeness (QED) is 0.832. The molecule has 2 aromatic carbocycles. The Hall–Kier alpha value is -2.60. The topological polar surface area (TPSA) is 44.1 Å². The highest BCUT2D eigenvalue weighted by Crippen LogP contribution is 2.27. The maximum absolute atomic E-state index is 12.7. The lowest BCUT2D eigenvalue weighted by molar-refractivity contribution is 0.0794. The van der Waals surface area contributed by atoms with Crippen molar-refractivity contribution in [2.24, 2.45) is 0 Å². The molecule has 0 aliphatic heterocycles. The summed E-state index contributed by atoms with van der Waals surface area (Å²) < 4.78 is 0. The van der Waals surface area contributed by atoms with Gasteiger partial charge in [0.25, 0.3) is 5.91 Å². The number of carbonyl (C=O) groups excluding carboxylic acids is 1. The molecule has 0 aliphatic rings. The molecule has 0 aromatic heterocycles. The van der Waals surface area contributed by atoms with Gasteiger partial charge in [-0.3, -0.25) is 4.79 Å². The Morgan fingerprint density at radius 3 is 2.41 bits per heavy atom. The smallest absolute Gasteiger partial charge is 0.254 e. The van der Waals surface area contributed by atoms with Crippen molar-refractivity contribution in [3.63, 3.8) is 0 Å². The van der Waals surface area contributed by atoms with Gasteiger partial charge in [-0.25, -0.2) is 0 Å². The van der Waals surface area contributed by atoms with Gasteiger partial charge in [0.2, 0.25) is 0 Å². The van der Waals surface area contributed by atoms with Crippen LogP contribution in [0.2, 0.25) is 0 Å². The minimum Gasteiger partial charge on any atom is -0.342 e. The molecule has 0 fully saturated rings. The van der Waals surface area contributed by atoms with Crippen molar-refractivity contribution in [3.05, 3.63) is 59.7 Å². The van der Waals surface area contributed by atoms with E-state index in [1.807, 2.05) is 49.5 Å². The maximum Gasteiger partial charge on any atom is 0.254 e. The summed E-state index contributed by atoms with van der Waals surface area (Å²) in [5.41, 5.74) is 2.84. The van der Waals surface area contributed by atoms with Crippen molar-refractivity contribution >= 4 is 5.91 Å². The molecule has 0 aliphatic carbocycles. The molecule has 0 unspecified atom stereocenters. The van der Waals surface area contributed by atoms with Crippen molar-refractivity contribution in [3.8, 4) is 17.2 Å².